The molecule has 0 fully saturated rings. The van der Waals surface area contributed by atoms with Gasteiger partial charge < -0.3 is 19.5 Å². The highest BCUT2D eigenvalue weighted by molar-refractivity contribution is 5.52. The van der Waals surface area contributed by atoms with E-state index in [-0.39, 0.29) is 6.61 Å². The molecule has 0 heterocycles. The van der Waals surface area contributed by atoms with Crippen molar-refractivity contribution in [1.82, 2.24) is 0 Å². The lowest BCUT2D eigenvalue weighted by molar-refractivity contribution is 0.0738. The van der Waals surface area contributed by atoms with E-state index in [2.05, 4.69) is 5.18 Å². The number of hydrogen-bond donors (Lipinski definition) is 1. The molecule has 0 aliphatic heterocycles. The smallest absolute Gasteiger partial charge is 0.108 e. The van der Waals surface area contributed by atoms with Gasteiger partial charge in [-0.2, -0.15) is 0 Å². The fourth-order valence-electron chi connectivity index (χ4n) is 1.63. The maximum atomic E-state index is 10.4. The Hall–Kier alpha value is -1.50. The minimum Gasteiger partial charge on any atom is -0.395 e. The summed E-state index contributed by atoms with van der Waals surface area (Å²) < 4.78 is 10.3. The standard InChI is InChI=1S/C13H20N2O4/c1-18-10-11-19-9-7-15(6-8-16)13-4-2-12(14-17)3-5-13/h2-5,16H,6-11H2,1H3. The third-order valence-corrected chi connectivity index (χ3v) is 2.63. The van der Waals surface area contributed by atoms with Gasteiger partial charge in [-0.25, -0.2) is 0 Å². The van der Waals surface area contributed by atoms with E-state index < -0.39 is 0 Å². The minimum atomic E-state index is 0.0613. The third kappa shape index (κ3) is 5.78. The third-order valence-electron chi connectivity index (χ3n) is 2.63. The van der Waals surface area contributed by atoms with Gasteiger partial charge in [0, 0.05) is 25.9 Å². The van der Waals surface area contributed by atoms with Gasteiger partial charge in [0.05, 0.1) is 26.4 Å². The van der Waals surface area contributed by atoms with Gasteiger partial charge in [0.2, 0.25) is 0 Å². The van der Waals surface area contributed by atoms with Crippen LogP contribution in [0.15, 0.2) is 29.4 Å². The second-order valence-corrected chi connectivity index (χ2v) is 3.92. The topological polar surface area (TPSA) is 71.4 Å². The Morgan fingerprint density at radius 3 is 2.47 bits per heavy atom. The number of aliphatic hydroxyl groups is 1. The summed E-state index contributed by atoms with van der Waals surface area (Å²) in [7, 11) is 1.63. The van der Waals surface area contributed by atoms with Crippen LogP contribution in [0.4, 0.5) is 11.4 Å². The molecule has 0 amide bonds. The lowest BCUT2D eigenvalue weighted by Crippen LogP contribution is -2.30. The van der Waals surface area contributed by atoms with Crippen LogP contribution < -0.4 is 4.90 Å². The van der Waals surface area contributed by atoms with Gasteiger partial charge in [-0.15, -0.1) is 4.91 Å². The van der Waals surface area contributed by atoms with E-state index >= 15 is 0 Å². The Labute approximate surface area is 112 Å². The summed E-state index contributed by atoms with van der Waals surface area (Å²) >= 11 is 0. The Kier molecular flexibility index (Phi) is 7.72. The van der Waals surface area contributed by atoms with Crippen molar-refractivity contribution in [2.45, 2.75) is 0 Å². The molecule has 6 nitrogen and oxygen atoms in total. The summed E-state index contributed by atoms with van der Waals surface area (Å²) in [6.45, 7) is 2.92. The second-order valence-electron chi connectivity index (χ2n) is 3.92. The van der Waals surface area contributed by atoms with Crippen molar-refractivity contribution in [3.63, 3.8) is 0 Å². The zero-order valence-corrected chi connectivity index (χ0v) is 11.1. The van der Waals surface area contributed by atoms with Crippen LogP contribution >= 0.6 is 0 Å². The SMILES string of the molecule is COCCOCCN(CCO)c1ccc(N=O)cc1. The molecule has 1 N–H and O–H groups in total. The summed E-state index contributed by atoms with van der Waals surface area (Å²) in [5.41, 5.74) is 1.32. The van der Waals surface area contributed by atoms with Gasteiger partial charge in [-0.1, -0.05) is 0 Å². The monoisotopic (exact) mass is 268 g/mol. The van der Waals surface area contributed by atoms with Gasteiger partial charge in [0.15, 0.2) is 0 Å². The van der Waals surface area contributed by atoms with Crippen LogP contribution in [-0.2, 0) is 9.47 Å². The van der Waals surface area contributed by atoms with Crippen molar-refractivity contribution in [3.8, 4) is 0 Å². The Morgan fingerprint density at radius 2 is 1.89 bits per heavy atom. The van der Waals surface area contributed by atoms with Crippen molar-refractivity contribution in [3.05, 3.63) is 29.2 Å². The molecule has 0 unspecified atom stereocenters. The first kappa shape index (κ1) is 15.6. The first-order chi connectivity index (χ1) is 9.31. The summed E-state index contributed by atoms with van der Waals surface area (Å²) in [4.78, 5) is 12.3. The van der Waals surface area contributed by atoms with Crippen molar-refractivity contribution in [2.75, 3.05) is 51.5 Å². The number of nitrogens with zero attached hydrogens (tertiary/aromatic N) is 2. The summed E-state index contributed by atoms with van der Waals surface area (Å²) in [5.74, 6) is 0. The number of nitroso groups, excluding NO2 is 1. The van der Waals surface area contributed by atoms with E-state index in [1.165, 1.54) is 0 Å². The van der Waals surface area contributed by atoms with Crippen LogP contribution in [0.2, 0.25) is 0 Å². The lowest BCUT2D eigenvalue weighted by atomic mass is 10.2. The highest BCUT2D eigenvalue weighted by Gasteiger charge is 2.06. The van der Waals surface area contributed by atoms with Crippen LogP contribution in [0.3, 0.4) is 0 Å². The fourth-order valence-corrected chi connectivity index (χ4v) is 1.63. The first-order valence-electron chi connectivity index (χ1n) is 6.17. The molecule has 0 aliphatic rings. The normalized spacial score (nSPS) is 10.4. The first-order valence-corrected chi connectivity index (χ1v) is 6.17. The van der Waals surface area contributed by atoms with Gasteiger partial charge in [-0.05, 0) is 29.4 Å². The largest absolute Gasteiger partial charge is 0.395 e. The Bertz CT molecular complexity index is 356. The molecule has 0 aromatic heterocycles. The minimum absolute atomic E-state index is 0.0613. The predicted molar refractivity (Wildman–Crippen MR) is 73.9 cm³/mol. The van der Waals surface area contributed by atoms with Gasteiger partial charge >= 0.3 is 0 Å². The zero-order valence-electron chi connectivity index (χ0n) is 11.1. The van der Waals surface area contributed by atoms with E-state index in [9.17, 15) is 4.91 Å². The molecule has 0 atom stereocenters. The quantitative estimate of drug-likeness (QED) is 0.515. The molecule has 0 aliphatic carbocycles. The average molecular weight is 268 g/mol. The second kappa shape index (κ2) is 9.43. The molecule has 106 valence electrons. The van der Waals surface area contributed by atoms with Crippen LogP contribution in [0.5, 0.6) is 0 Å². The number of benzene rings is 1. The molecule has 1 aromatic carbocycles. The molecule has 0 spiro atoms. The number of methoxy groups -OCH3 is 1. The van der Waals surface area contributed by atoms with E-state index in [4.69, 9.17) is 14.6 Å². The van der Waals surface area contributed by atoms with Gasteiger partial charge in [-0.3, -0.25) is 0 Å². The number of rotatable bonds is 10. The highest BCUT2D eigenvalue weighted by atomic mass is 16.5. The number of hydrogen-bond acceptors (Lipinski definition) is 6. The Balaban J connectivity index is 2.47. The molecule has 0 radical (unpaired) electrons. The lowest BCUT2D eigenvalue weighted by Gasteiger charge is -2.23. The predicted octanol–water partition coefficient (Wildman–Crippen LogP) is 1.55. The molecule has 0 bridgehead atoms. The van der Waals surface area contributed by atoms with Crippen molar-refractivity contribution >= 4 is 11.4 Å². The van der Waals surface area contributed by atoms with Crippen LogP contribution in [0, 0.1) is 4.91 Å². The Morgan fingerprint density at radius 1 is 1.16 bits per heavy atom. The molecule has 1 rings (SSSR count). The van der Waals surface area contributed by atoms with Crippen LogP contribution in [0.1, 0.15) is 0 Å². The van der Waals surface area contributed by atoms with Crippen LogP contribution in [-0.4, -0.2) is 51.7 Å². The van der Waals surface area contributed by atoms with Gasteiger partial charge in [0.25, 0.3) is 0 Å². The van der Waals surface area contributed by atoms with E-state index in [0.717, 1.165) is 5.69 Å². The van der Waals surface area contributed by atoms with E-state index in [0.29, 0.717) is 38.6 Å². The fraction of sp³-hybridized carbons (Fsp3) is 0.538. The molecular formula is C13H20N2O4. The maximum absolute atomic E-state index is 10.4. The van der Waals surface area contributed by atoms with E-state index in [1.807, 2.05) is 17.0 Å². The molecule has 6 heteroatoms. The average Bonchev–Trinajstić information content (AvgIpc) is 2.46. The molecule has 19 heavy (non-hydrogen) atoms. The summed E-state index contributed by atoms with van der Waals surface area (Å²) in [5, 5.41) is 11.9. The number of aliphatic hydroxyl groups excluding tert-OH is 1. The molecule has 0 saturated carbocycles. The summed E-state index contributed by atoms with van der Waals surface area (Å²) in [6.07, 6.45) is 0. The van der Waals surface area contributed by atoms with E-state index in [1.54, 1.807) is 19.2 Å². The zero-order chi connectivity index (χ0) is 13.9. The number of anilines is 1. The molecular weight excluding hydrogens is 248 g/mol. The molecule has 1 aromatic rings. The van der Waals surface area contributed by atoms with Crippen molar-refractivity contribution in [2.24, 2.45) is 5.18 Å². The van der Waals surface area contributed by atoms with Crippen molar-refractivity contribution in [1.29, 1.82) is 0 Å². The van der Waals surface area contributed by atoms with Crippen molar-refractivity contribution < 1.29 is 14.6 Å². The number of ether oxygens (including phenoxy) is 2. The van der Waals surface area contributed by atoms with Gasteiger partial charge in [0.1, 0.15) is 5.69 Å². The van der Waals surface area contributed by atoms with Crippen LogP contribution in [0.25, 0.3) is 0 Å². The summed E-state index contributed by atoms with van der Waals surface area (Å²) in [6, 6.07) is 6.92. The maximum Gasteiger partial charge on any atom is 0.108 e. The molecule has 0 saturated heterocycles. The highest BCUT2D eigenvalue weighted by Crippen LogP contribution is 2.19.